The van der Waals surface area contributed by atoms with Gasteiger partial charge in [0.05, 0.1) is 25.7 Å². The molecule has 2 aromatic carbocycles. The zero-order valence-corrected chi connectivity index (χ0v) is 24.8. The molecule has 3 heterocycles. The molecule has 15 heteroatoms. The number of nitrogens with zero attached hydrogens (tertiary/aromatic N) is 6. The summed E-state index contributed by atoms with van der Waals surface area (Å²) in [4.78, 5) is 10.0. The van der Waals surface area contributed by atoms with Crippen molar-refractivity contribution in [3.63, 3.8) is 0 Å². The van der Waals surface area contributed by atoms with E-state index in [0.717, 1.165) is 34.8 Å². The Hall–Kier alpha value is -4.92. The monoisotopic (exact) mass is 628 g/mol. The minimum Gasteiger partial charge on any atom is -0.493 e. The summed E-state index contributed by atoms with van der Waals surface area (Å²) in [5, 5.41) is 8.42. The van der Waals surface area contributed by atoms with Gasteiger partial charge in [0.15, 0.2) is 17.2 Å². The van der Waals surface area contributed by atoms with Gasteiger partial charge in [-0.1, -0.05) is 17.3 Å². The number of sulfone groups is 1. The number of pyridine rings is 1. The van der Waals surface area contributed by atoms with Gasteiger partial charge in [-0.25, -0.2) is 13.4 Å². The lowest BCUT2D eigenvalue weighted by Gasteiger charge is -2.19. The van der Waals surface area contributed by atoms with Crippen molar-refractivity contribution in [2.45, 2.75) is 30.4 Å². The molecule has 0 aliphatic rings. The van der Waals surface area contributed by atoms with Gasteiger partial charge in [-0.3, -0.25) is 4.68 Å². The smallest absolute Gasteiger partial charge is 0.493 e. The highest BCUT2D eigenvalue weighted by Gasteiger charge is 2.46. The van der Waals surface area contributed by atoms with E-state index in [1.165, 1.54) is 12.1 Å². The van der Waals surface area contributed by atoms with Crippen LogP contribution in [0.1, 0.15) is 16.8 Å². The Morgan fingerprint density at radius 3 is 2.30 bits per heavy atom. The Kier molecular flexibility index (Phi) is 8.32. The summed E-state index contributed by atoms with van der Waals surface area (Å²) in [6, 6.07) is 15.5. The third-order valence-electron chi connectivity index (χ3n) is 6.75. The summed E-state index contributed by atoms with van der Waals surface area (Å²) in [6.45, 7) is 2.90. The minimum atomic E-state index is -5.46. The molecule has 44 heavy (non-hydrogen) atoms. The number of methoxy groups -OCH3 is 2. The van der Waals surface area contributed by atoms with Crippen LogP contribution in [0.2, 0.25) is 0 Å². The number of hydrogen-bond donors (Lipinski definition) is 0. The molecule has 0 spiro atoms. The molecule has 0 bridgehead atoms. The fourth-order valence-electron chi connectivity index (χ4n) is 4.38. The van der Waals surface area contributed by atoms with Crippen LogP contribution in [0, 0.1) is 6.92 Å². The van der Waals surface area contributed by atoms with Gasteiger partial charge in [-0.15, -0.1) is 0 Å². The van der Waals surface area contributed by atoms with Crippen LogP contribution in [0.5, 0.6) is 11.5 Å². The number of aryl methyl sites for hydroxylation is 1. The van der Waals surface area contributed by atoms with Gasteiger partial charge in [0.25, 0.3) is 15.7 Å². The van der Waals surface area contributed by atoms with E-state index < -0.39 is 20.2 Å². The predicted octanol–water partition coefficient (Wildman–Crippen LogP) is 5.30. The SMILES string of the molecule is COc1ccc(CN(C)c2ccc(Cn3nc(-c4nc(-c5ccc(S(=O)(=O)C(F)(F)F)cc5)no4)cc3C)cn2)cc1OC. The van der Waals surface area contributed by atoms with E-state index in [0.29, 0.717) is 30.3 Å². The second kappa shape index (κ2) is 12.0. The summed E-state index contributed by atoms with van der Waals surface area (Å²) < 4.78 is 79.5. The van der Waals surface area contributed by atoms with Crippen molar-refractivity contribution in [1.82, 2.24) is 24.9 Å². The van der Waals surface area contributed by atoms with E-state index in [-0.39, 0.29) is 17.3 Å². The lowest BCUT2D eigenvalue weighted by Crippen LogP contribution is -2.23. The van der Waals surface area contributed by atoms with Crippen LogP contribution in [0.3, 0.4) is 0 Å². The number of halogens is 3. The summed E-state index contributed by atoms with van der Waals surface area (Å²) in [6.07, 6.45) is 1.77. The molecule has 0 N–H and O–H groups in total. The molecule has 5 rings (SSSR count). The second-order valence-electron chi connectivity index (χ2n) is 9.80. The van der Waals surface area contributed by atoms with Crippen LogP contribution in [-0.4, -0.2) is 60.1 Å². The highest BCUT2D eigenvalue weighted by atomic mass is 32.2. The molecule has 0 saturated heterocycles. The number of ether oxygens (including phenoxy) is 2. The molecule has 0 saturated carbocycles. The van der Waals surface area contributed by atoms with Gasteiger partial charge in [0, 0.05) is 31.0 Å². The Balaban J connectivity index is 1.25. The fraction of sp³-hybridized carbons (Fsp3) is 0.241. The quantitative estimate of drug-likeness (QED) is 0.201. The standard InChI is InChI=1S/C29H27F3N6O5S/c1-18-13-23(28-34-27(36-43-28)21-7-9-22(10-8-21)44(39,40)29(30,31)32)35-38(18)17-20-6-12-26(33-15-20)37(2)16-19-5-11-24(41-3)25(14-19)42-4/h5-15H,16-17H2,1-4H3. The zero-order chi connectivity index (χ0) is 31.6. The van der Waals surface area contributed by atoms with Crippen molar-refractivity contribution < 1.29 is 35.6 Å². The molecule has 3 aromatic heterocycles. The number of anilines is 1. The molecule has 0 unspecified atom stereocenters. The highest BCUT2D eigenvalue weighted by Crippen LogP contribution is 2.32. The summed E-state index contributed by atoms with van der Waals surface area (Å²) >= 11 is 0. The first-order valence-corrected chi connectivity index (χ1v) is 14.5. The average Bonchev–Trinajstić information content (AvgIpc) is 3.64. The summed E-state index contributed by atoms with van der Waals surface area (Å²) in [5.41, 5.74) is -1.96. The number of alkyl halides is 3. The van der Waals surface area contributed by atoms with Crippen LogP contribution in [-0.2, 0) is 22.9 Å². The van der Waals surface area contributed by atoms with E-state index in [2.05, 4.69) is 20.2 Å². The van der Waals surface area contributed by atoms with E-state index >= 15 is 0 Å². The predicted molar refractivity (Wildman–Crippen MR) is 154 cm³/mol. The number of benzene rings is 2. The molecule has 0 amide bonds. The first kappa shape index (κ1) is 30.5. The van der Waals surface area contributed by atoms with Gasteiger partial charge in [0.2, 0.25) is 5.82 Å². The molecule has 0 radical (unpaired) electrons. The highest BCUT2D eigenvalue weighted by molar-refractivity contribution is 7.92. The summed E-state index contributed by atoms with van der Waals surface area (Å²) in [7, 11) is -0.323. The molecular formula is C29H27F3N6O5S. The molecule has 0 aliphatic heterocycles. The minimum absolute atomic E-state index is 0.0696. The van der Waals surface area contributed by atoms with Crippen molar-refractivity contribution in [3.05, 3.63) is 83.7 Å². The van der Waals surface area contributed by atoms with Crippen LogP contribution in [0.15, 0.2) is 76.3 Å². The Morgan fingerprint density at radius 2 is 1.66 bits per heavy atom. The van der Waals surface area contributed by atoms with E-state index in [1.807, 2.05) is 49.2 Å². The normalized spacial score (nSPS) is 11.9. The topological polar surface area (TPSA) is 125 Å². The second-order valence-corrected chi connectivity index (χ2v) is 11.7. The first-order valence-electron chi connectivity index (χ1n) is 13.1. The maximum atomic E-state index is 12.8. The van der Waals surface area contributed by atoms with Crippen molar-refractivity contribution in [2.24, 2.45) is 0 Å². The van der Waals surface area contributed by atoms with Crippen LogP contribution in [0.4, 0.5) is 19.0 Å². The lowest BCUT2D eigenvalue weighted by molar-refractivity contribution is -0.0436. The molecule has 0 fully saturated rings. The van der Waals surface area contributed by atoms with Crippen LogP contribution < -0.4 is 14.4 Å². The fourth-order valence-corrected chi connectivity index (χ4v) is 5.14. The van der Waals surface area contributed by atoms with E-state index in [4.69, 9.17) is 14.0 Å². The van der Waals surface area contributed by atoms with Gasteiger partial charge in [-0.05, 0) is 66.6 Å². The van der Waals surface area contributed by atoms with Crippen LogP contribution in [0.25, 0.3) is 23.0 Å². The number of hydrogen-bond acceptors (Lipinski definition) is 10. The third kappa shape index (κ3) is 6.22. The molecule has 0 aliphatic carbocycles. The Morgan fingerprint density at radius 1 is 0.955 bits per heavy atom. The summed E-state index contributed by atoms with van der Waals surface area (Å²) in [5.74, 6) is 2.27. The molecule has 230 valence electrons. The van der Waals surface area contributed by atoms with Gasteiger partial charge in [0.1, 0.15) is 5.82 Å². The van der Waals surface area contributed by atoms with Crippen molar-refractivity contribution in [2.75, 3.05) is 26.2 Å². The Labute approximate surface area is 250 Å². The van der Waals surface area contributed by atoms with Gasteiger partial charge in [-0.2, -0.15) is 23.3 Å². The van der Waals surface area contributed by atoms with Crippen LogP contribution >= 0.6 is 0 Å². The van der Waals surface area contributed by atoms with Gasteiger partial charge < -0.3 is 18.9 Å². The average molecular weight is 629 g/mol. The van der Waals surface area contributed by atoms with Crippen molar-refractivity contribution >= 4 is 15.7 Å². The van der Waals surface area contributed by atoms with E-state index in [9.17, 15) is 21.6 Å². The molecule has 0 atom stereocenters. The van der Waals surface area contributed by atoms with Crippen molar-refractivity contribution in [3.8, 4) is 34.5 Å². The third-order valence-corrected chi connectivity index (χ3v) is 8.26. The first-order chi connectivity index (χ1) is 20.9. The Bertz CT molecular complexity index is 1870. The lowest BCUT2D eigenvalue weighted by atomic mass is 10.2. The largest absolute Gasteiger partial charge is 0.501 e. The van der Waals surface area contributed by atoms with E-state index in [1.54, 1.807) is 31.2 Å². The number of aromatic nitrogens is 5. The maximum absolute atomic E-state index is 12.8. The number of rotatable bonds is 10. The molecular weight excluding hydrogens is 601 g/mol. The van der Waals surface area contributed by atoms with Crippen molar-refractivity contribution in [1.29, 1.82) is 0 Å². The van der Waals surface area contributed by atoms with Gasteiger partial charge >= 0.3 is 5.51 Å². The zero-order valence-electron chi connectivity index (χ0n) is 24.0. The molecule has 5 aromatic rings. The molecule has 11 nitrogen and oxygen atoms in total. The maximum Gasteiger partial charge on any atom is 0.501 e.